The standard InChI is InChI=1S/C11H13ClFNO2/c1-3-16-11(9(6-13)7-14)10(4-5-12)8(2)15/h4-7,14H,3H2,1-2H3/b5-4+,9-6+,11-10-,14-7?. The Balaban J connectivity index is 5.64. The molecule has 0 aliphatic heterocycles. The molecule has 0 amide bonds. The molecule has 5 heteroatoms. The van der Waals surface area contributed by atoms with Crippen molar-refractivity contribution in [3.05, 3.63) is 34.8 Å². The fourth-order valence-electron chi connectivity index (χ4n) is 1.02. The molecule has 0 atom stereocenters. The van der Waals surface area contributed by atoms with Crippen molar-refractivity contribution in [2.75, 3.05) is 6.61 Å². The molecule has 0 saturated carbocycles. The number of carbonyl (C=O) groups excluding carboxylic acids is 1. The highest BCUT2D eigenvalue weighted by Crippen LogP contribution is 2.18. The minimum Gasteiger partial charge on any atom is -0.492 e. The number of ketones is 1. The van der Waals surface area contributed by atoms with E-state index in [9.17, 15) is 9.18 Å². The van der Waals surface area contributed by atoms with E-state index in [4.69, 9.17) is 21.7 Å². The summed E-state index contributed by atoms with van der Waals surface area (Å²) in [5.74, 6) is -0.300. The number of nitrogens with one attached hydrogen (secondary N) is 1. The van der Waals surface area contributed by atoms with Crippen LogP contribution in [0.5, 0.6) is 0 Å². The summed E-state index contributed by atoms with van der Waals surface area (Å²) in [6.45, 7) is 3.26. The summed E-state index contributed by atoms with van der Waals surface area (Å²) >= 11 is 5.38. The van der Waals surface area contributed by atoms with Crippen LogP contribution in [0.4, 0.5) is 4.39 Å². The number of allylic oxidation sites excluding steroid dienone is 3. The molecule has 0 spiro atoms. The highest BCUT2D eigenvalue weighted by molar-refractivity contribution is 6.26. The molecule has 0 heterocycles. The average molecular weight is 246 g/mol. The van der Waals surface area contributed by atoms with E-state index in [1.807, 2.05) is 0 Å². The second-order valence-corrected chi connectivity index (χ2v) is 2.99. The lowest BCUT2D eigenvalue weighted by molar-refractivity contribution is -0.113. The van der Waals surface area contributed by atoms with Gasteiger partial charge in [0, 0.05) is 11.7 Å². The topological polar surface area (TPSA) is 50.2 Å². The molecule has 0 aromatic carbocycles. The summed E-state index contributed by atoms with van der Waals surface area (Å²) in [4.78, 5) is 11.3. The molecular formula is C11H13ClFNO2. The van der Waals surface area contributed by atoms with E-state index in [2.05, 4.69) is 0 Å². The van der Waals surface area contributed by atoms with Gasteiger partial charge in [-0.1, -0.05) is 11.6 Å². The number of halogens is 2. The van der Waals surface area contributed by atoms with E-state index in [1.165, 1.54) is 13.0 Å². The van der Waals surface area contributed by atoms with Crippen molar-refractivity contribution in [1.82, 2.24) is 0 Å². The van der Waals surface area contributed by atoms with Crippen LogP contribution in [0.2, 0.25) is 0 Å². The van der Waals surface area contributed by atoms with Gasteiger partial charge in [0.2, 0.25) is 0 Å². The molecule has 16 heavy (non-hydrogen) atoms. The third kappa shape index (κ3) is 3.98. The third-order valence-electron chi connectivity index (χ3n) is 1.68. The van der Waals surface area contributed by atoms with Gasteiger partial charge in [-0.15, -0.1) is 0 Å². The Morgan fingerprint density at radius 2 is 2.19 bits per heavy atom. The highest BCUT2D eigenvalue weighted by Gasteiger charge is 2.13. The van der Waals surface area contributed by atoms with E-state index in [0.717, 1.165) is 11.7 Å². The van der Waals surface area contributed by atoms with Gasteiger partial charge in [-0.2, -0.15) is 0 Å². The number of hydrogen-bond acceptors (Lipinski definition) is 3. The normalized spacial score (nSPS) is 13.6. The molecule has 3 nitrogen and oxygen atoms in total. The predicted molar refractivity (Wildman–Crippen MR) is 62.3 cm³/mol. The van der Waals surface area contributed by atoms with Crippen molar-refractivity contribution in [3.63, 3.8) is 0 Å². The highest BCUT2D eigenvalue weighted by atomic mass is 35.5. The summed E-state index contributed by atoms with van der Waals surface area (Å²) in [5, 5.41) is 7.02. The van der Waals surface area contributed by atoms with Gasteiger partial charge in [-0.25, -0.2) is 4.39 Å². The quantitative estimate of drug-likeness (QED) is 0.338. The van der Waals surface area contributed by atoms with Crippen molar-refractivity contribution in [3.8, 4) is 0 Å². The second-order valence-electron chi connectivity index (χ2n) is 2.73. The zero-order chi connectivity index (χ0) is 12.6. The van der Waals surface area contributed by atoms with Crippen molar-refractivity contribution >= 4 is 23.6 Å². The lowest BCUT2D eigenvalue weighted by atomic mass is 10.1. The molecule has 0 fully saturated rings. The first-order valence-electron chi connectivity index (χ1n) is 4.58. The van der Waals surface area contributed by atoms with Gasteiger partial charge in [0.1, 0.15) is 5.76 Å². The molecule has 1 N–H and O–H groups in total. The molecule has 0 unspecified atom stereocenters. The first kappa shape index (κ1) is 14.6. The van der Waals surface area contributed by atoms with Crippen LogP contribution in [-0.4, -0.2) is 18.6 Å². The van der Waals surface area contributed by atoms with Crippen LogP contribution in [0.1, 0.15) is 13.8 Å². The van der Waals surface area contributed by atoms with Crippen molar-refractivity contribution in [2.45, 2.75) is 13.8 Å². The third-order valence-corrected chi connectivity index (χ3v) is 1.80. The van der Waals surface area contributed by atoms with Crippen LogP contribution in [-0.2, 0) is 9.53 Å². The SMILES string of the molecule is CCOC(=C(/C=C/Cl)C(C)=O)/C(C=N)=C/F. The van der Waals surface area contributed by atoms with Crippen LogP contribution in [0, 0.1) is 5.41 Å². The summed E-state index contributed by atoms with van der Waals surface area (Å²) in [7, 11) is 0. The van der Waals surface area contributed by atoms with Crippen molar-refractivity contribution in [1.29, 1.82) is 5.41 Å². The van der Waals surface area contributed by atoms with Crippen LogP contribution >= 0.6 is 11.6 Å². The van der Waals surface area contributed by atoms with E-state index < -0.39 is 0 Å². The lowest BCUT2D eigenvalue weighted by Gasteiger charge is -2.11. The minimum atomic E-state index is -0.318. The van der Waals surface area contributed by atoms with E-state index >= 15 is 0 Å². The lowest BCUT2D eigenvalue weighted by Crippen LogP contribution is -2.06. The molecule has 88 valence electrons. The number of ether oxygens (including phenoxy) is 1. The number of Topliss-reactive ketones (excluding diaryl/α,β-unsaturated/α-hetero) is 1. The number of carbonyl (C=O) groups is 1. The Morgan fingerprint density at radius 3 is 2.50 bits per heavy atom. The molecule has 0 aromatic rings. The Bertz CT molecular complexity index is 359. The van der Waals surface area contributed by atoms with Gasteiger partial charge in [-0.3, -0.25) is 4.79 Å². The van der Waals surface area contributed by atoms with Crippen LogP contribution in [0.3, 0.4) is 0 Å². The molecule has 0 rings (SSSR count). The number of hydrogen-bond donors (Lipinski definition) is 1. The monoisotopic (exact) mass is 245 g/mol. The maximum absolute atomic E-state index is 12.5. The predicted octanol–water partition coefficient (Wildman–Crippen LogP) is 3.12. The fraction of sp³-hybridized carbons (Fsp3) is 0.273. The summed E-state index contributed by atoms with van der Waals surface area (Å²) in [6, 6.07) is 0. The Labute approximate surface area is 98.7 Å². The smallest absolute Gasteiger partial charge is 0.163 e. The summed E-state index contributed by atoms with van der Waals surface area (Å²) in [5.41, 5.74) is 1.15. The molecule has 0 aromatic heterocycles. The van der Waals surface area contributed by atoms with E-state index in [0.29, 0.717) is 0 Å². The summed E-state index contributed by atoms with van der Waals surface area (Å²) < 4.78 is 17.7. The second kappa shape index (κ2) is 7.82. The van der Waals surface area contributed by atoms with E-state index in [1.54, 1.807) is 6.92 Å². The first-order valence-corrected chi connectivity index (χ1v) is 5.01. The van der Waals surface area contributed by atoms with Gasteiger partial charge in [-0.05, 0) is 19.9 Å². The zero-order valence-corrected chi connectivity index (χ0v) is 9.84. The Morgan fingerprint density at radius 1 is 1.56 bits per heavy atom. The first-order chi connectivity index (χ1) is 7.62. The van der Waals surface area contributed by atoms with Gasteiger partial charge < -0.3 is 10.1 Å². The van der Waals surface area contributed by atoms with Crippen molar-refractivity contribution < 1.29 is 13.9 Å². The maximum Gasteiger partial charge on any atom is 0.163 e. The van der Waals surface area contributed by atoms with Gasteiger partial charge in [0.15, 0.2) is 5.78 Å². The molecule has 0 radical (unpaired) electrons. The average Bonchev–Trinajstić information content (AvgIpc) is 2.26. The molecule has 0 saturated heterocycles. The Hall–Kier alpha value is -1.42. The van der Waals surface area contributed by atoms with Crippen molar-refractivity contribution in [2.24, 2.45) is 0 Å². The molecule has 0 aliphatic carbocycles. The molecule has 0 bridgehead atoms. The Kier molecular flexibility index (Phi) is 7.12. The van der Waals surface area contributed by atoms with Crippen LogP contribution in [0.25, 0.3) is 0 Å². The minimum absolute atomic E-state index is 0.0180. The van der Waals surface area contributed by atoms with Crippen LogP contribution in [0.15, 0.2) is 34.8 Å². The van der Waals surface area contributed by atoms with Gasteiger partial charge in [0.05, 0.1) is 24.1 Å². The van der Waals surface area contributed by atoms with Gasteiger partial charge in [0.25, 0.3) is 0 Å². The number of rotatable bonds is 6. The maximum atomic E-state index is 12.5. The molecule has 0 aliphatic rings. The van der Waals surface area contributed by atoms with Gasteiger partial charge >= 0.3 is 0 Å². The zero-order valence-electron chi connectivity index (χ0n) is 9.09. The molecular weight excluding hydrogens is 233 g/mol. The largest absolute Gasteiger partial charge is 0.492 e. The van der Waals surface area contributed by atoms with Crippen LogP contribution < -0.4 is 0 Å². The fourth-order valence-corrected chi connectivity index (χ4v) is 1.15. The summed E-state index contributed by atoms with van der Waals surface area (Å²) in [6.07, 6.45) is 2.29. The van der Waals surface area contributed by atoms with E-state index in [-0.39, 0.29) is 35.6 Å².